The second kappa shape index (κ2) is 6.93. The molecule has 1 aliphatic heterocycles. The van der Waals surface area contributed by atoms with E-state index in [9.17, 15) is 14.7 Å². The largest absolute Gasteiger partial charge is 0.478 e. The number of ether oxygens (including phenoxy) is 1. The van der Waals surface area contributed by atoms with Crippen LogP contribution in [0.25, 0.3) is 0 Å². The van der Waals surface area contributed by atoms with E-state index < -0.39 is 11.6 Å². The van der Waals surface area contributed by atoms with Gasteiger partial charge in [-0.1, -0.05) is 18.2 Å². The van der Waals surface area contributed by atoms with Crippen LogP contribution in [0, 0.1) is 5.92 Å². The van der Waals surface area contributed by atoms with Crippen molar-refractivity contribution in [2.75, 3.05) is 20.2 Å². The van der Waals surface area contributed by atoms with Gasteiger partial charge in [-0.05, 0) is 56.1 Å². The van der Waals surface area contributed by atoms with E-state index in [1.807, 2.05) is 17.0 Å². The molecule has 5 heteroatoms. The van der Waals surface area contributed by atoms with Gasteiger partial charge in [0.15, 0.2) is 0 Å². The number of carboxylic acid groups (broad SMARTS) is 1. The van der Waals surface area contributed by atoms with Crippen molar-refractivity contribution in [3.8, 4) is 0 Å². The first-order valence-electron chi connectivity index (χ1n) is 8.71. The summed E-state index contributed by atoms with van der Waals surface area (Å²) in [6.07, 6.45) is 5.31. The van der Waals surface area contributed by atoms with Crippen LogP contribution in [0.2, 0.25) is 0 Å². The summed E-state index contributed by atoms with van der Waals surface area (Å²) in [5, 5.41) is 9.29. The van der Waals surface area contributed by atoms with Crippen LogP contribution in [0.3, 0.4) is 0 Å². The maximum atomic E-state index is 12.7. The van der Waals surface area contributed by atoms with E-state index >= 15 is 0 Å². The number of benzene rings is 1. The fraction of sp³-hybridized carbons (Fsp3) is 0.579. The van der Waals surface area contributed by atoms with E-state index in [0.717, 1.165) is 57.2 Å². The lowest BCUT2D eigenvalue weighted by atomic mass is 9.78. The summed E-state index contributed by atoms with van der Waals surface area (Å²) in [7, 11) is 1.63. The lowest BCUT2D eigenvalue weighted by molar-refractivity contribution is -0.167. The molecule has 0 unspecified atom stereocenters. The molecule has 130 valence electrons. The Morgan fingerprint density at radius 3 is 2.46 bits per heavy atom. The van der Waals surface area contributed by atoms with E-state index in [-0.39, 0.29) is 5.91 Å². The molecular formula is C19H25NO4. The molecular weight excluding hydrogens is 306 g/mol. The number of nitrogens with zero attached hydrogens (tertiary/aromatic N) is 1. The number of likely N-dealkylation sites (tertiary alicyclic amines) is 1. The minimum absolute atomic E-state index is 0.139. The number of hydrogen-bond acceptors (Lipinski definition) is 3. The molecule has 5 nitrogen and oxygen atoms in total. The van der Waals surface area contributed by atoms with Gasteiger partial charge < -0.3 is 14.7 Å². The lowest BCUT2D eigenvalue weighted by Gasteiger charge is -2.44. The molecule has 1 saturated heterocycles. The highest BCUT2D eigenvalue weighted by molar-refractivity contribution is 5.89. The van der Waals surface area contributed by atoms with Crippen molar-refractivity contribution < 1.29 is 19.4 Å². The average Bonchev–Trinajstić information content (AvgIpc) is 2.55. The minimum atomic E-state index is -0.870. The fourth-order valence-corrected chi connectivity index (χ4v) is 3.85. The second-order valence-electron chi connectivity index (χ2n) is 6.95. The molecule has 1 heterocycles. The van der Waals surface area contributed by atoms with Gasteiger partial charge in [-0.2, -0.15) is 0 Å². The monoisotopic (exact) mass is 331 g/mol. The normalized spacial score (nSPS) is 20.5. The summed E-state index contributed by atoms with van der Waals surface area (Å²) in [4.78, 5) is 25.9. The van der Waals surface area contributed by atoms with Crippen molar-refractivity contribution in [3.63, 3.8) is 0 Å². The quantitative estimate of drug-likeness (QED) is 0.901. The van der Waals surface area contributed by atoms with E-state index in [0.29, 0.717) is 11.5 Å². The van der Waals surface area contributed by atoms with Gasteiger partial charge in [-0.3, -0.25) is 4.79 Å². The zero-order valence-corrected chi connectivity index (χ0v) is 14.2. The third-order valence-corrected chi connectivity index (χ3v) is 5.60. The molecule has 0 aromatic heterocycles. The van der Waals surface area contributed by atoms with Gasteiger partial charge in [0.2, 0.25) is 0 Å². The first kappa shape index (κ1) is 17.0. The lowest BCUT2D eigenvalue weighted by Crippen LogP contribution is -2.56. The van der Waals surface area contributed by atoms with E-state index in [2.05, 4.69) is 0 Å². The highest BCUT2D eigenvalue weighted by Crippen LogP contribution is 2.37. The van der Waals surface area contributed by atoms with Crippen molar-refractivity contribution in [2.24, 2.45) is 5.92 Å². The molecule has 3 rings (SSSR count). The van der Waals surface area contributed by atoms with Crippen molar-refractivity contribution >= 4 is 11.9 Å². The Kier molecular flexibility index (Phi) is 4.90. The Morgan fingerprint density at radius 2 is 1.92 bits per heavy atom. The average molecular weight is 331 g/mol. The van der Waals surface area contributed by atoms with Crippen LogP contribution in [-0.2, 0) is 16.0 Å². The molecule has 1 saturated carbocycles. The third-order valence-electron chi connectivity index (χ3n) is 5.60. The topological polar surface area (TPSA) is 66.8 Å². The molecule has 1 amide bonds. The van der Waals surface area contributed by atoms with E-state index in [1.165, 1.54) is 0 Å². The van der Waals surface area contributed by atoms with Crippen LogP contribution in [-0.4, -0.2) is 47.7 Å². The first-order valence-corrected chi connectivity index (χ1v) is 8.71. The number of hydrogen-bond donors (Lipinski definition) is 1. The number of amides is 1. The standard InChI is InChI=1S/C19H25NO4/c1-24-19(9-4-10-19)18(23)20-11-7-14(8-12-20)13-15-5-2-3-6-16(15)17(21)22/h2-3,5-6,14H,4,7-13H2,1H3,(H,21,22). The fourth-order valence-electron chi connectivity index (χ4n) is 3.85. The van der Waals surface area contributed by atoms with Crippen LogP contribution < -0.4 is 0 Å². The highest BCUT2D eigenvalue weighted by atomic mass is 16.5. The number of carbonyl (C=O) groups excluding carboxylic acids is 1. The van der Waals surface area contributed by atoms with Crippen LogP contribution in [0.5, 0.6) is 0 Å². The predicted molar refractivity (Wildman–Crippen MR) is 90.0 cm³/mol. The van der Waals surface area contributed by atoms with Crippen molar-refractivity contribution in [1.82, 2.24) is 4.90 Å². The van der Waals surface area contributed by atoms with Crippen LogP contribution in [0.4, 0.5) is 0 Å². The molecule has 2 aliphatic rings. The molecule has 1 aliphatic carbocycles. The number of methoxy groups -OCH3 is 1. The number of piperidine rings is 1. The van der Waals surface area contributed by atoms with Crippen LogP contribution >= 0.6 is 0 Å². The second-order valence-corrected chi connectivity index (χ2v) is 6.95. The highest BCUT2D eigenvalue weighted by Gasteiger charge is 2.47. The number of rotatable bonds is 5. The predicted octanol–water partition coefficient (Wildman–Crippen LogP) is 2.74. The van der Waals surface area contributed by atoms with E-state index in [1.54, 1.807) is 19.2 Å². The molecule has 0 radical (unpaired) electrons. The molecule has 0 atom stereocenters. The van der Waals surface area contributed by atoms with Crippen LogP contribution in [0.15, 0.2) is 24.3 Å². The summed E-state index contributed by atoms with van der Waals surface area (Å²) < 4.78 is 5.50. The van der Waals surface area contributed by atoms with Gasteiger partial charge in [0.25, 0.3) is 5.91 Å². The van der Waals surface area contributed by atoms with Crippen LogP contribution in [0.1, 0.15) is 48.0 Å². The maximum Gasteiger partial charge on any atom is 0.335 e. The molecule has 24 heavy (non-hydrogen) atoms. The van der Waals surface area contributed by atoms with Gasteiger partial charge in [0.1, 0.15) is 5.60 Å². The van der Waals surface area contributed by atoms with Crippen molar-refractivity contribution in [2.45, 2.75) is 44.1 Å². The molecule has 1 aromatic rings. The van der Waals surface area contributed by atoms with Gasteiger partial charge in [-0.15, -0.1) is 0 Å². The van der Waals surface area contributed by atoms with Gasteiger partial charge >= 0.3 is 5.97 Å². The number of aromatic carboxylic acids is 1. The Hall–Kier alpha value is -1.88. The van der Waals surface area contributed by atoms with Gasteiger partial charge in [-0.25, -0.2) is 4.79 Å². The summed E-state index contributed by atoms with van der Waals surface area (Å²) >= 11 is 0. The summed E-state index contributed by atoms with van der Waals surface area (Å²) in [6, 6.07) is 7.21. The molecule has 0 spiro atoms. The first-order chi connectivity index (χ1) is 11.6. The van der Waals surface area contributed by atoms with E-state index in [4.69, 9.17) is 4.74 Å². The summed E-state index contributed by atoms with van der Waals surface area (Å²) in [5.41, 5.74) is 0.717. The van der Waals surface area contributed by atoms with Crippen molar-refractivity contribution in [1.29, 1.82) is 0 Å². The number of carbonyl (C=O) groups is 2. The maximum absolute atomic E-state index is 12.7. The van der Waals surface area contributed by atoms with Gasteiger partial charge in [0.05, 0.1) is 5.56 Å². The Bertz CT molecular complexity index is 610. The SMILES string of the molecule is COC1(C(=O)N2CCC(Cc3ccccc3C(=O)O)CC2)CCC1. The Labute approximate surface area is 142 Å². The number of carboxylic acids is 1. The molecule has 0 bridgehead atoms. The Morgan fingerprint density at radius 1 is 1.25 bits per heavy atom. The molecule has 1 N–H and O–H groups in total. The Balaban J connectivity index is 1.58. The van der Waals surface area contributed by atoms with Gasteiger partial charge in [0, 0.05) is 20.2 Å². The van der Waals surface area contributed by atoms with Crippen molar-refractivity contribution in [3.05, 3.63) is 35.4 Å². The third kappa shape index (κ3) is 3.18. The summed E-state index contributed by atoms with van der Waals surface area (Å²) in [6.45, 7) is 1.48. The molecule has 2 fully saturated rings. The smallest absolute Gasteiger partial charge is 0.335 e. The molecule has 1 aromatic carbocycles. The zero-order chi connectivity index (χ0) is 17.2. The zero-order valence-electron chi connectivity index (χ0n) is 14.2. The summed E-state index contributed by atoms with van der Waals surface area (Å²) in [5.74, 6) is -0.305. The minimum Gasteiger partial charge on any atom is -0.478 e.